The van der Waals surface area contributed by atoms with Gasteiger partial charge in [0.05, 0.1) is 12.2 Å². The molecule has 5 rings (SSSR count). The van der Waals surface area contributed by atoms with E-state index in [4.69, 9.17) is 9.57 Å². The van der Waals surface area contributed by atoms with Gasteiger partial charge in [0.2, 0.25) is 5.75 Å². The molecule has 2 heterocycles. The summed E-state index contributed by atoms with van der Waals surface area (Å²) in [4.78, 5) is 27.4. The van der Waals surface area contributed by atoms with Crippen molar-refractivity contribution in [1.29, 1.82) is 0 Å². The number of ether oxygens (including phenoxy) is 1. The maximum atomic E-state index is 14.3. The van der Waals surface area contributed by atoms with E-state index in [9.17, 15) is 18.7 Å². The third kappa shape index (κ3) is 5.63. The Morgan fingerprint density at radius 3 is 2.48 bits per heavy atom. The van der Waals surface area contributed by atoms with Crippen LogP contribution in [-0.2, 0) is 24.2 Å². The maximum absolute atomic E-state index is 14.3. The van der Waals surface area contributed by atoms with Crippen LogP contribution in [-0.4, -0.2) is 26.9 Å². The summed E-state index contributed by atoms with van der Waals surface area (Å²) < 4.78 is 35.3. The van der Waals surface area contributed by atoms with Gasteiger partial charge < -0.3 is 9.84 Å². The van der Waals surface area contributed by atoms with Gasteiger partial charge in [-0.2, -0.15) is 0 Å². The minimum absolute atomic E-state index is 0.119. The molecule has 8 nitrogen and oxygen atoms in total. The highest BCUT2D eigenvalue weighted by atomic mass is 19.1. The lowest BCUT2D eigenvalue weighted by atomic mass is 9.98. The Hall–Kier alpha value is -4.41. The second kappa shape index (κ2) is 11.8. The molecule has 1 atom stereocenters. The van der Waals surface area contributed by atoms with Crippen LogP contribution >= 0.6 is 0 Å². The lowest BCUT2D eigenvalue weighted by Gasteiger charge is -2.17. The number of hydrogen-bond donors (Lipinski definition) is 2. The van der Waals surface area contributed by atoms with Crippen molar-refractivity contribution in [3.05, 3.63) is 111 Å². The van der Waals surface area contributed by atoms with Crippen LogP contribution in [0.25, 0.3) is 11.1 Å². The molecule has 1 aliphatic rings. The predicted molar refractivity (Wildman–Crippen MR) is 146 cm³/mol. The minimum atomic E-state index is -1.26. The van der Waals surface area contributed by atoms with Crippen molar-refractivity contribution < 1.29 is 23.5 Å². The highest BCUT2D eigenvalue weighted by molar-refractivity contribution is 6.04. The van der Waals surface area contributed by atoms with Gasteiger partial charge in [0.15, 0.2) is 17.4 Å². The van der Waals surface area contributed by atoms with Crippen LogP contribution in [0.15, 0.2) is 76.5 Å². The molecule has 0 amide bonds. The van der Waals surface area contributed by atoms with Gasteiger partial charge >= 0.3 is 0 Å². The highest BCUT2D eigenvalue weighted by Gasteiger charge is 2.21. The van der Waals surface area contributed by atoms with Gasteiger partial charge in [-0.25, -0.2) is 29.1 Å². The predicted octanol–water partition coefficient (Wildman–Crippen LogP) is 5.10. The van der Waals surface area contributed by atoms with Gasteiger partial charge in [0.25, 0.3) is 12.0 Å². The second-order valence-corrected chi connectivity index (χ2v) is 9.24. The fraction of sp³-hybridized carbons (Fsp3) is 0.233. The first-order chi connectivity index (χ1) is 19.4. The summed E-state index contributed by atoms with van der Waals surface area (Å²) in [7, 11) is 0. The number of halogens is 2. The normalized spacial score (nSPS) is 14.6. The number of hydroxylamine groups is 1. The Labute approximate surface area is 229 Å². The summed E-state index contributed by atoms with van der Waals surface area (Å²) in [6.07, 6.45) is 0.446. The van der Waals surface area contributed by atoms with E-state index < -0.39 is 23.6 Å². The van der Waals surface area contributed by atoms with Gasteiger partial charge in [-0.3, -0.25) is 9.36 Å². The molecule has 0 spiro atoms. The van der Waals surface area contributed by atoms with E-state index in [-0.39, 0.29) is 18.0 Å². The molecule has 1 aromatic heterocycles. The number of rotatable bonds is 9. The molecule has 4 aromatic rings. The molecule has 206 valence electrons. The zero-order chi connectivity index (χ0) is 28.2. The Kier molecular flexibility index (Phi) is 7.99. The van der Waals surface area contributed by atoms with Crippen molar-refractivity contribution in [2.75, 3.05) is 0 Å². The number of nitrogens with one attached hydrogen (secondary N) is 1. The molecule has 0 radical (unpaired) electrons. The summed E-state index contributed by atoms with van der Waals surface area (Å²) >= 11 is 0. The summed E-state index contributed by atoms with van der Waals surface area (Å²) in [5.74, 6) is -0.923. The largest absolute Gasteiger partial charge is 0.446 e. The van der Waals surface area contributed by atoms with Crippen LogP contribution in [0.2, 0.25) is 0 Å². The summed E-state index contributed by atoms with van der Waals surface area (Å²) in [6, 6.07) is 18.1. The third-order valence-electron chi connectivity index (χ3n) is 6.48. The van der Waals surface area contributed by atoms with Gasteiger partial charge in [-0.05, 0) is 41.7 Å². The van der Waals surface area contributed by atoms with Crippen molar-refractivity contribution in [2.45, 2.75) is 46.1 Å². The number of nitrogens with zero attached hydrogens (tertiary/aromatic N) is 3. The van der Waals surface area contributed by atoms with E-state index in [0.717, 1.165) is 46.9 Å². The smallest absolute Gasteiger partial charge is 0.297 e. The standard InChI is InChI=1S/C30H28F2N4O4/c1-3-7-26-33-24(4-2)27(39-25-16-20(31)14-15-23(25)32)29(37)36(26)17-18-10-12-19(13-11-18)21-8-5-6-9-22(21)28-34-30(38)40-35-28/h5-6,8-16,30,38H,3-4,7,17H2,1-2H3,(H,34,35). The Morgan fingerprint density at radius 2 is 1.80 bits per heavy atom. The Bertz CT molecular complexity index is 1620. The van der Waals surface area contributed by atoms with Crippen LogP contribution in [0.3, 0.4) is 0 Å². The van der Waals surface area contributed by atoms with Crippen LogP contribution in [0.5, 0.6) is 11.5 Å². The van der Waals surface area contributed by atoms with E-state index in [0.29, 0.717) is 30.2 Å². The lowest BCUT2D eigenvalue weighted by Crippen LogP contribution is -2.28. The molecule has 3 aromatic carbocycles. The number of benzene rings is 3. The topological polar surface area (TPSA) is 98.0 Å². The minimum Gasteiger partial charge on any atom is -0.446 e. The summed E-state index contributed by atoms with van der Waals surface area (Å²) in [6.45, 7) is 4.03. The fourth-order valence-electron chi connectivity index (χ4n) is 4.53. The molecule has 2 N–H and O–H groups in total. The first kappa shape index (κ1) is 27.2. The van der Waals surface area contributed by atoms with Gasteiger partial charge in [0, 0.05) is 18.1 Å². The first-order valence-electron chi connectivity index (χ1n) is 13.0. The molecule has 10 heteroatoms. The molecule has 0 saturated carbocycles. The lowest BCUT2D eigenvalue weighted by molar-refractivity contribution is -0.102. The number of aromatic nitrogens is 2. The Balaban J connectivity index is 1.49. The monoisotopic (exact) mass is 546 g/mol. The molecular formula is C30H28F2N4O4. The van der Waals surface area contributed by atoms with E-state index in [2.05, 4.69) is 15.5 Å². The average molecular weight is 547 g/mol. The average Bonchev–Trinajstić information content (AvgIpc) is 3.40. The number of aliphatic hydroxyl groups excluding tert-OH is 1. The summed E-state index contributed by atoms with van der Waals surface area (Å²) in [5, 5.41) is 9.59. The molecular weight excluding hydrogens is 518 g/mol. The van der Waals surface area contributed by atoms with Gasteiger partial charge in [0.1, 0.15) is 11.6 Å². The zero-order valence-corrected chi connectivity index (χ0v) is 22.0. The second-order valence-electron chi connectivity index (χ2n) is 9.24. The van der Waals surface area contributed by atoms with E-state index >= 15 is 0 Å². The first-order valence-corrected chi connectivity index (χ1v) is 13.0. The SMILES string of the molecule is CCCc1nc(CC)c(Oc2cc(F)ccc2F)c(=O)n1Cc1ccc(-c2ccccc2C2=NC(O)ON2)cc1. The Morgan fingerprint density at radius 1 is 1.05 bits per heavy atom. The van der Waals surface area contributed by atoms with Crippen molar-refractivity contribution in [2.24, 2.45) is 4.99 Å². The molecule has 0 saturated heterocycles. The zero-order valence-electron chi connectivity index (χ0n) is 22.0. The van der Waals surface area contributed by atoms with E-state index in [1.807, 2.05) is 62.4 Å². The number of aliphatic imine (C=N–C) groups is 1. The van der Waals surface area contributed by atoms with Crippen molar-refractivity contribution >= 4 is 5.84 Å². The van der Waals surface area contributed by atoms with Crippen molar-refractivity contribution in [3.63, 3.8) is 0 Å². The highest BCUT2D eigenvalue weighted by Crippen LogP contribution is 2.28. The molecule has 40 heavy (non-hydrogen) atoms. The molecule has 1 aliphatic heterocycles. The molecule has 0 fully saturated rings. The van der Waals surface area contributed by atoms with E-state index in [1.165, 1.54) is 4.57 Å². The van der Waals surface area contributed by atoms with Crippen molar-refractivity contribution in [3.8, 4) is 22.6 Å². The molecule has 1 unspecified atom stereocenters. The number of amidine groups is 1. The number of aliphatic hydroxyl groups is 1. The number of hydrogen-bond acceptors (Lipinski definition) is 7. The van der Waals surface area contributed by atoms with Crippen molar-refractivity contribution in [1.82, 2.24) is 15.0 Å². The summed E-state index contributed by atoms with van der Waals surface area (Å²) in [5.41, 5.74) is 5.94. The van der Waals surface area contributed by atoms with Gasteiger partial charge in [-0.15, -0.1) is 0 Å². The van der Waals surface area contributed by atoms with E-state index in [1.54, 1.807) is 0 Å². The quantitative estimate of drug-likeness (QED) is 0.303. The fourth-order valence-corrected chi connectivity index (χ4v) is 4.53. The van der Waals surface area contributed by atoms with Crippen LogP contribution in [0.4, 0.5) is 8.78 Å². The maximum Gasteiger partial charge on any atom is 0.297 e. The van der Waals surface area contributed by atoms with Crippen LogP contribution in [0.1, 0.15) is 42.9 Å². The van der Waals surface area contributed by atoms with Crippen LogP contribution in [0, 0.1) is 11.6 Å². The molecule has 0 bridgehead atoms. The molecule has 0 aliphatic carbocycles. The van der Waals surface area contributed by atoms with Crippen LogP contribution < -0.4 is 15.8 Å². The number of aryl methyl sites for hydroxylation is 2. The third-order valence-corrected chi connectivity index (χ3v) is 6.48. The van der Waals surface area contributed by atoms with Gasteiger partial charge in [-0.1, -0.05) is 62.4 Å².